The van der Waals surface area contributed by atoms with E-state index in [-0.39, 0.29) is 0 Å². The number of hydrogen-bond donors (Lipinski definition) is 1. The molecule has 1 N–H and O–H groups in total. The Morgan fingerprint density at radius 2 is 1.96 bits per heavy atom. The number of aromatic nitrogens is 2. The molecule has 0 fully saturated rings. The van der Waals surface area contributed by atoms with Gasteiger partial charge in [0, 0.05) is 16.1 Å². The average Bonchev–Trinajstić information content (AvgIpc) is 2.53. The largest absolute Gasteiger partial charge is 0.364 e. The number of anilines is 1. The standard InChI is InChI=1S/C19H20BrN3/c1-12(2)17-9-14-8-15(20)5-7-18(14)23-19(17)22-11-16-6-4-13(3)10-21-16/h4-10,12H,11H2,1-3H3,(H,22,23). The van der Waals surface area contributed by atoms with E-state index in [2.05, 4.69) is 64.3 Å². The number of aryl methyl sites for hydroxylation is 1. The minimum absolute atomic E-state index is 0.402. The maximum atomic E-state index is 4.81. The number of benzene rings is 1. The molecule has 118 valence electrons. The molecule has 1 aromatic carbocycles. The quantitative estimate of drug-likeness (QED) is 0.665. The lowest BCUT2D eigenvalue weighted by atomic mass is 10.0. The summed E-state index contributed by atoms with van der Waals surface area (Å²) in [5.74, 6) is 1.34. The van der Waals surface area contributed by atoms with Gasteiger partial charge in [-0.2, -0.15) is 0 Å². The predicted octanol–water partition coefficient (Wildman–Crippen LogP) is 5.44. The summed E-state index contributed by atoms with van der Waals surface area (Å²) in [6.45, 7) is 7.10. The second kappa shape index (κ2) is 6.67. The fourth-order valence-corrected chi connectivity index (χ4v) is 2.90. The number of fused-ring (bicyclic) bond motifs is 1. The first-order chi connectivity index (χ1) is 11.0. The molecular formula is C19H20BrN3. The van der Waals surface area contributed by atoms with Gasteiger partial charge in [-0.3, -0.25) is 4.98 Å². The van der Waals surface area contributed by atoms with E-state index in [0.717, 1.165) is 26.9 Å². The number of halogens is 1. The third-order valence-corrected chi connectivity index (χ3v) is 4.33. The Morgan fingerprint density at radius 1 is 1.13 bits per heavy atom. The zero-order chi connectivity index (χ0) is 16.4. The zero-order valence-corrected chi connectivity index (χ0v) is 15.2. The Kier molecular flexibility index (Phi) is 4.62. The van der Waals surface area contributed by atoms with Crippen LogP contribution in [0.4, 0.5) is 5.82 Å². The third-order valence-electron chi connectivity index (χ3n) is 3.84. The molecule has 0 atom stereocenters. The molecule has 0 aliphatic heterocycles. The van der Waals surface area contributed by atoms with Crippen LogP contribution in [0.2, 0.25) is 0 Å². The van der Waals surface area contributed by atoms with Gasteiger partial charge in [-0.15, -0.1) is 0 Å². The molecule has 2 heterocycles. The first kappa shape index (κ1) is 15.9. The molecule has 4 heteroatoms. The highest BCUT2D eigenvalue weighted by Gasteiger charge is 2.11. The highest BCUT2D eigenvalue weighted by atomic mass is 79.9. The van der Waals surface area contributed by atoms with Crippen LogP contribution in [0, 0.1) is 6.92 Å². The Bertz CT molecular complexity index is 826. The van der Waals surface area contributed by atoms with Crippen LogP contribution in [-0.2, 0) is 6.54 Å². The predicted molar refractivity (Wildman–Crippen MR) is 99.8 cm³/mol. The third kappa shape index (κ3) is 3.70. The van der Waals surface area contributed by atoms with Crippen LogP contribution in [0.3, 0.4) is 0 Å². The lowest BCUT2D eigenvalue weighted by Gasteiger charge is -2.15. The van der Waals surface area contributed by atoms with Gasteiger partial charge in [0.2, 0.25) is 0 Å². The molecule has 3 aromatic rings. The van der Waals surface area contributed by atoms with Crippen molar-refractivity contribution >= 4 is 32.7 Å². The molecule has 0 bridgehead atoms. The second-order valence-corrected chi connectivity index (χ2v) is 7.01. The van der Waals surface area contributed by atoms with E-state index in [1.807, 2.05) is 25.3 Å². The lowest BCUT2D eigenvalue weighted by Crippen LogP contribution is -2.07. The van der Waals surface area contributed by atoms with Gasteiger partial charge in [0.15, 0.2) is 0 Å². The van der Waals surface area contributed by atoms with Gasteiger partial charge in [-0.05, 0) is 54.3 Å². The maximum absolute atomic E-state index is 4.81. The van der Waals surface area contributed by atoms with Crippen molar-refractivity contribution in [1.29, 1.82) is 0 Å². The minimum Gasteiger partial charge on any atom is -0.364 e. The van der Waals surface area contributed by atoms with E-state index < -0.39 is 0 Å². The van der Waals surface area contributed by atoms with Crippen LogP contribution in [0.15, 0.2) is 47.1 Å². The molecule has 0 amide bonds. The minimum atomic E-state index is 0.402. The Labute approximate surface area is 145 Å². The molecule has 0 aliphatic carbocycles. The van der Waals surface area contributed by atoms with E-state index in [1.165, 1.54) is 11.1 Å². The van der Waals surface area contributed by atoms with Crippen molar-refractivity contribution in [2.75, 3.05) is 5.32 Å². The fourth-order valence-electron chi connectivity index (χ4n) is 2.52. The van der Waals surface area contributed by atoms with Crippen LogP contribution in [0.1, 0.15) is 36.6 Å². The van der Waals surface area contributed by atoms with Crippen LogP contribution >= 0.6 is 15.9 Å². The summed E-state index contributed by atoms with van der Waals surface area (Å²) in [5, 5.41) is 4.61. The van der Waals surface area contributed by atoms with Gasteiger partial charge in [-0.25, -0.2) is 4.98 Å². The summed E-state index contributed by atoms with van der Waals surface area (Å²) in [6.07, 6.45) is 1.89. The van der Waals surface area contributed by atoms with Gasteiger partial charge in [-0.1, -0.05) is 35.8 Å². The van der Waals surface area contributed by atoms with Crippen LogP contribution in [-0.4, -0.2) is 9.97 Å². The number of nitrogens with one attached hydrogen (secondary N) is 1. The van der Waals surface area contributed by atoms with Crippen LogP contribution < -0.4 is 5.32 Å². The van der Waals surface area contributed by atoms with E-state index >= 15 is 0 Å². The number of rotatable bonds is 4. The van der Waals surface area contributed by atoms with Gasteiger partial charge in [0.05, 0.1) is 17.8 Å². The molecule has 0 radical (unpaired) electrons. The van der Waals surface area contributed by atoms with Crippen molar-refractivity contribution in [2.45, 2.75) is 33.2 Å². The van der Waals surface area contributed by atoms with Crippen molar-refractivity contribution in [1.82, 2.24) is 9.97 Å². The summed E-state index contributed by atoms with van der Waals surface area (Å²) < 4.78 is 1.08. The van der Waals surface area contributed by atoms with E-state index in [9.17, 15) is 0 Å². The van der Waals surface area contributed by atoms with E-state index in [1.54, 1.807) is 0 Å². The lowest BCUT2D eigenvalue weighted by molar-refractivity contribution is 0.858. The SMILES string of the molecule is Cc1ccc(CNc2nc3ccc(Br)cc3cc2C(C)C)nc1. The molecule has 0 saturated heterocycles. The van der Waals surface area contributed by atoms with Gasteiger partial charge in [0.1, 0.15) is 5.82 Å². The molecule has 23 heavy (non-hydrogen) atoms. The summed E-state index contributed by atoms with van der Waals surface area (Å²) in [4.78, 5) is 9.26. The van der Waals surface area contributed by atoms with Gasteiger partial charge in [0.25, 0.3) is 0 Å². The van der Waals surface area contributed by atoms with Crippen LogP contribution in [0.5, 0.6) is 0 Å². The van der Waals surface area contributed by atoms with Gasteiger partial charge >= 0.3 is 0 Å². The Morgan fingerprint density at radius 3 is 2.65 bits per heavy atom. The molecule has 3 nitrogen and oxygen atoms in total. The molecule has 0 unspecified atom stereocenters. The monoisotopic (exact) mass is 369 g/mol. The highest BCUT2D eigenvalue weighted by Crippen LogP contribution is 2.28. The summed E-state index contributed by atoms with van der Waals surface area (Å²) in [5.41, 5.74) is 4.41. The summed E-state index contributed by atoms with van der Waals surface area (Å²) in [7, 11) is 0. The smallest absolute Gasteiger partial charge is 0.130 e. The fraction of sp³-hybridized carbons (Fsp3) is 0.263. The molecule has 3 rings (SSSR count). The number of hydrogen-bond acceptors (Lipinski definition) is 3. The van der Waals surface area contributed by atoms with Gasteiger partial charge < -0.3 is 5.32 Å². The molecule has 2 aromatic heterocycles. The molecule has 0 aliphatic rings. The Balaban J connectivity index is 1.93. The summed E-state index contributed by atoms with van der Waals surface area (Å²) in [6, 6.07) is 12.5. The topological polar surface area (TPSA) is 37.8 Å². The number of pyridine rings is 2. The van der Waals surface area contributed by atoms with Crippen molar-refractivity contribution in [3.05, 3.63) is 63.9 Å². The molecule has 0 spiro atoms. The van der Waals surface area contributed by atoms with E-state index in [0.29, 0.717) is 12.5 Å². The molecule has 0 saturated carbocycles. The zero-order valence-electron chi connectivity index (χ0n) is 13.6. The van der Waals surface area contributed by atoms with Crippen molar-refractivity contribution in [2.24, 2.45) is 0 Å². The average molecular weight is 370 g/mol. The van der Waals surface area contributed by atoms with Crippen LogP contribution in [0.25, 0.3) is 10.9 Å². The van der Waals surface area contributed by atoms with Crippen molar-refractivity contribution < 1.29 is 0 Å². The van der Waals surface area contributed by atoms with Crippen molar-refractivity contribution in [3.8, 4) is 0 Å². The number of nitrogens with zero attached hydrogens (tertiary/aromatic N) is 2. The van der Waals surface area contributed by atoms with E-state index in [4.69, 9.17) is 4.98 Å². The normalized spacial score (nSPS) is 11.2. The molecular weight excluding hydrogens is 350 g/mol. The maximum Gasteiger partial charge on any atom is 0.130 e. The highest BCUT2D eigenvalue weighted by molar-refractivity contribution is 9.10. The Hall–Kier alpha value is -1.94. The first-order valence-electron chi connectivity index (χ1n) is 7.78. The second-order valence-electron chi connectivity index (χ2n) is 6.10. The first-order valence-corrected chi connectivity index (χ1v) is 8.58. The van der Waals surface area contributed by atoms with Crippen molar-refractivity contribution in [3.63, 3.8) is 0 Å². The summed E-state index contributed by atoms with van der Waals surface area (Å²) >= 11 is 3.53.